The highest BCUT2D eigenvalue weighted by atomic mass is 16.1. The highest BCUT2D eigenvalue weighted by Crippen LogP contribution is 2.49. The minimum atomic E-state index is -0.181. The fourth-order valence-electron chi connectivity index (χ4n) is 2.74. The van der Waals surface area contributed by atoms with Crippen molar-refractivity contribution >= 4 is 5.78 Å². The van der Waals surface area contributed by atoms with E-state index in [0.717, 1.165) is 25.0 Å². The smallest absolute Gasteiger partial charge is 0.143 e. The molecule has 0 saturated heterocycles. The maximum absolute atomic E-state index is 12.5. The summed E-state index contributed by atoms with van der Waals surface area (Å²) in [6.07, 6.45) is 5.17. The number of rotatable bonds is 5. The largest absolute Gasteiger partial charge is 0.299 e. The molecule has 1 aromatic heterocycles. The Morgan fingerprint density at radius 1 is 1.26 bits per heavy atom. The van der Waals surface area contributed by atoms with Crippen LogP contribution in [0.3, 0.4) is 0 Å². The third-order valence-electron chi connectivity index (χ3n) is 4.14. The van der Waals surface area contributed by atoms with Crippen LogP contribution in [0.1, 0.15) is 30.5 Å². The van der Waals surface area contributed by atoms with Crippen molar-refractivity contribution in [1.29, 1.82) is 0 Å². The van der Waals surface area contributed by atoms with Crippen LogP contribution in [0.15, 0.2) is 42.6 Å². The molecule has 0 bridgehead atoms. The van der Waals surface area contributed by atoms with Crippen molar-refractivity contribution in [2.24, 2.45) is 7.05 Å². The number of hydrogen-bond acceptors (Lipinski definition) is 2. The Morgan fingerprint density at radius 3 is 2.58 bits per heavy atom. The van der Waals surface area contributed by atoms with Gasteiger partial charge in [0.1, 0.15) is 5.78 Å². The maximum atomic E-state index is 12.5. The third kappa shape index (κ3) is 2.21. The van der Waals surface area contributed by atoms with Crippen LogP contribution < -0.4 is 0 Å². The number of Topliss-reactive ketones (excluding diaryl/α,β-unsaturated/α-hetero) is 1. The van der Waals surface area contributed by atoms with Gasteiger partial charge in [-0.25, -0.2) is 0 Å². The monoisotopic (exact) mass is 254 g/mol. The zero-order valence-electron chi connectivity index (χ0n) is 11.2. The van der Waals surface area contributed by atoms with Gasteiger partial charge in [-0.2, -0.15) is 5.10 Å². The molecule has 0 radical (unpaired) electrons. The lowest BCUT2D eigenvalue weighted by Gasteiger charge is -2.14. The number of ketones is 1. The number of carbonyl (C=O) groups is 1. The van der Waals surface area contributed by atoms with Gasteiger partial charge in [0.05, 0.1) is 5.41 Å². The first-order valence-corrected chi connectivity index (χ1v) is 6.78. The summed E-state index contributed by atoms with van der Waals surface area (Å²) in [4.78, 5) is 12.5. The van der Waals surface area contributed by atoms with Crippen LogP contribution in [0.4, 0.5) is 0 Å². The van der Waals surface area contributed by atoms with Gasteiger partial charge in [-0.05, 0) is 30.9 Å². The van der Waals surface area contributed by atoms with Crippen LogP contribution in [0.5, 0.6) is 0 Å². The molecule has 3 nitrogen and oxygen atoms in total. The van der Waals surface area contributed by atoms with Gasteiger partial charge in [-0.1, -0.05) is 30.3 Å². The first kappa shape index (κ1) is 12.2. The van der Waals surface area contributed by atoms with Crippen LogP contribution in [-0.4, -0.2) is 15.6 Å². The van der Waals surface area contributed by atoms with Gasteiger partial charge < -0.3 is 0 Å². The molecule has 1 fully saturated rings. The molecular weight excluding hydrogens is 236 g/mol. The summed E-state index contributed by atoms with van der Waals surface area (Å²) in [5.41, 5.74) is 2.13. The Kier molecular flexibility index (Phi) is 2.97. The number of aromatic nitrogens is 2. The van der Waals surface area contributed by atoms with Crippen LogP contribution in [0.25, 0.3) is 0 Å². The standard InChI is InChI=1S/C16H18N2O/c1-18-14(9-12-17-18)7-8-15(19)16(10-11-16)13-5-3-2-4-6-13/h2-6,9,12H,7-8,10-11H2,1H3. The zero-order valence-corrected chi connectivity index (χ0v) is 11.2. The molecule has 19 heavy (non-hydrogen) atoms. The number of benzene rings is 1. The van der Waals surface area contributed by atoms with Crippen molar-refractivity contribution in [2.75, 3.05) is 0 Å². The molecule has 0 atom stereocenters. The molecule has 1 aliphatic carbocycles. The summed E-state index contributed by atoms with van der Waals surface area (Å²) in [6.45, 7) is 0. The summed E-state index contributed by atoms with van der Waals surface area (Å²) < 4.78 is 1.84. The average molecular weight is 254 g/mol. The molecule has 0 N–H and O–H groups in total. The second-order valence-electron chi connectivity index (χ2n) is 5.32. The molecule has 0 aliphatic heterocycles. The number of aryl methyl sites for hydroxylation is 2. The molecule has 3 heteroatoms. The summed E-state index contributed by atoms with van der Waals surface area (Å²) in [5, 5.41) is 4.14. The normalized spacial score (nSPS) is 16.3. The van der Waals surface area contributed by atoms with Gasteiger partial charge in [-0.3, -0.25) is 9.48 Å². The first-order valence-electron chi connectivity index (χ1n) is 6.78. The van der Waals surface area contributed by atoms with E-state index in [2.05, 4.69) is 17.2 Å². The van der Waals surface area contributed by atoms with Crippen LogP contribution >= 0.6 is 0 Å². The third-order valence-corrected chi connectivity index (χ3v) is 4.14. The molecule has 1 saturated carbocycles. The summed E-state index contributed by atoms with van der Waals surface area (Å²) in [7, 11) is 1.92. The molecule has 98 valence electrons. The lowest BCUT2D eigenvalue weighted by Crippen LogP contribution is -2.21. The fraction of sp³-hybridized carbons (Fsp3) is 0.375. The van der Waals surface area contributed by atoms with Crippen molar-refractivity contribution in [2.45, 2.75) is 31.1 Å². The van der Waals surface area contributed by atoms with Crippen molar-refractivity contribution in [3.05, 3.63) is 53.9 Å². The molecule has 0 unspecified atom stereocenters. The van der Waals surface area contributed by atoms with Gasteiger partial charge in [0, 0.05) is 25.4 Å². The molecule has 1 aliphatic rings. The number of hydrogen-bond donors (Lipinski definition) is 0. The SMILES string of the molecule is Cn1nccc1CCC(=O)C1(c2ccccc2)CC1. The zero-order chi connectivity index (χ0) is 13.3. The number of carbonyl (C=O) groups excluding carboxylic acids is 1. The van der Waals surface area contributed by atoms with Crippen LogP contribution in [0.2, 0.25) is 0 Å². The predicted molar refractivity (Wildman–Crippen MR) is 73.9 cm³/mol. The molecule has 0 spiro atoms. The van der Waals surface area contributed by atoms with E-state index in [0.29, 0.717) is 12.2 Å². The van der Waals surface area contributed by atoms with E-state index < -0.39 is 0 Å². The van der Waals surface area contributed by atoms with E-state index in [4.69, 9.17) is 0 Å². The van der Waals surface area contributed by atoms with Crippen molar-refractivity contribution in [1.82, 2.24) is 9.78 Å². The molecule has 2 aromatic rings. The summed E-state index contributed by atoms with van der Waals surface area (Å²) >= 11 is 0. The van der Waals surface area contributed by atoms with E-state index in [1.54, 1.807) is 6.20 Å². The van der Waals surface area contributed by atoms with E-state index in [9.17, 15) is 4.79 Å². The van der Waals surface area contributed by atoms with Crippen molar-refractivity contribution in [3.63, 3.8) is 0 Å². The predicted octanol–water partition coefficient (Wildman–Crippen LogP) is 2.65. The highest BCUT2D eigenvalue weighted by molar-refractivity contribution is 5.93. The fourth-order valence-corrected chi connectivity index (χ4v) is 2.74. The topological polar surface area (TPSA) is 34.9 Å². The Morgan fingerprint density at radius 2 is 2.00 bits per heavy atom. The second kappa shape index (κ2) is 4.65. The average Bonchev–Trinajstić information content (AvgIpc) is 3.16. The van der Waals surface area contributed by atoms with E-state index >= 15 is 0 Å². The van der Waals surface area contributed by atoms with E-state index in [-0.39, 0.29) is 5.41 Å². The van der Waals surface area contributed by atoms with Crippen LogP contribution in [-0.2, 0) is 23.7 Å². The Bertz CT molecular complexity index is 582. The van der Waals surface area contributed by atoms with Crippen LogP contribution in [0, 0.1) is 0 Å². The first-order chi connectivity index (χ1) is 9.22. The Labute approximate surface area is 113 Å². The van der Waals surface area contributed by atoms with Gasteiger partial charge in [0.15, 0.2) is 0 Å². The molecular formula is C16H18N2O. The number of nitrogens with zero attached hydrogens (tertiary/aromatic N) is 2. The molecule has 1 heterocycles. The Hall–Kier alpha value is -1.90. The van der Waals surface area contributed by atoms with Gasteiger partial charge in [-0.15, -0.1) is 0 Å². The second-order valence-corrected chi connectivity index (χ2v) is 5.32. The quantitative estimate of drug-likeness (QED) is 0.822. The lowest BCUT2D eigenvalue weighted by molar-refractivity contribution is -0.121. The van der Waals surface area contributed by atoms with E-state index in [1.165, 1.54) is 5.56 Å². The van der Waals surface area contributed by atoms with E-state index in [1.807, 2.05) is 36.0 Å². The molecule has 0 amide bonds. The minimum Gasteiger partial charge on any atom is -0.299 e. The molecule has 1 aromatic carbocycles. The lowest BCUT2D eigenvalue weighted by atomic mass is 9.89. The minimum absolute atomic E-state index is 0.181. The van der Waals surface area contributed by atoms with Gasteiger partial charge in [0.25, 0.3) is 0 Å². The maximum Gasteiger partial charge on any atom is 0.143 e. The van der Waals surface area contributed by atoms with Crippen molar-refractivity contribution < 1.29 is 4.79 Å². The van der Waals surface area contributed by atoms with Gasteiger partial charge in [0.2, 0.25) is 0 Å². The summed E-state index contributed by atoms with van der Waals surface area (Å²) in [5.74, 6) is 0.375. The highest BCUT2D eigenvalue weighted by Gasteiger charge is 2.49. The Balaban J connectivity index is 1.70. The summed E-state index contributed by atoms with van der Waals surface area (Å²) in [6, 6.07) is 12.2. The molecule has 3 rings (SSSR count). The van der Waals surface area contributed by atoms with Crippen molar-refractivity contribution in [3.8, 4) is 0 Å². The van der Waals surface area contributed by atoms with Gasteiger partial charge >= 0.3 is 0 Å².